The maximum Gasteiger partial charge on any atom is 0.0652 e. The Morgan fingerprint density at radius 1 is 1.33 bits per heavy atom. The van der Waals surface area contributed by atoms with Crippen LogP contribution >= 0.6 is 0 Å². The van der Waals surface area contributed by atoms with Gasteiger partial charge in [0.2, 0.25) is 0 Å². The second kappa shape index (κ2) is 7.12. The minimum Gasteiger partial charge on any atom is -0.304 e. The van der Waals surface area contributed by atoms with Crippen molar-refractivity contribution < 1.29 is 0 Å². The molecule has 0 N–H and O–H groups in total. The van der Waals surface area contributed by atoms with Gasteiger partial charge in [-0.3, -0.25) is 0 Å². The van der Waals surface area contributed by atoms with Crippen LogP contribution in [0, 0.1) is 17.2 Å². The summed E-state index contributed by atoms with van der Waals surface area (Å²) >= 11 is 0. The Hall–Kier alpha value is -0.550. The van der Waals surface area contributed by atoms with E-state index in [-0.39, 0.29) is 5.92 Å². The lowest BCUT2D eigenvalue weighted by molar-refractivity contribution is 0.293. The summed E-state index contributed by atoms with van der Waals surface area (Å²) in [4.78, 5) is 2.39. The van der Waals surface area contributed by atoms with E-state index in [4.69, 9.17) is 5.26 Å². The average molecular weight is 168 g/mol. The summed E-state index contributed by atoms with van der Waals surface area (Å²) in [6.07, 6.45) is 2.18. The second-order valence-electron chi connectivity index (χ2n) is 3.20. The van der Waals surface area contributed by atoms with E-state index in [1.54, 1.807) is 0 Å². The molecule has 0 aliphatic carbocycles. The fraction of sp³-hybridized carbons (Fsp3) is 0.900. The molecule has 2 heteroatoms. The maximum atomic E-state index is 8.55. The lowest BCUT2D eigenvalue weighted by atomic mass is 10.1. The van der Waals surface area contributed by atoms with Crippen molar-refractivity contribution in [1.29, 1.82) is 5.26 Å². The van der Waals surface area contributed by atoms with Crippen molar-refractivity contribution in [2.45, 2.75) is 33.6 Å². The van der Waals surface area contributed by atoms with Gasteiger partial charge in [0.05, 0.1) is 6.07 Å². The lowest BCUT2D eigenvalue weighted by Gasteiger charge is -2.17. The molecule has 0 radical (unpaired) electrons. The predicted molar refractivity (Wildman–Crippen MR) is 51.8 cm³/mol. The molecule has 0 saturated carbocycles. The third-order valence-electron chi connectivity index (χ3n) is 2.23. The summed E-state index contributed by atoms with van der Waals surface area (Å²) in [5.41, 5.74) is 0. The molecule has 1 atom stereocenters. The first kappa shape index (κ1) is 11.4. The van der Waals surface area contributed by atoms with Crippen molar-refractivity contribution in [3.63, 3.8) is 0 Å². The molecular weight excluding hydrogens is 148 g/mol. The number of hydrogen-bond acceptors (Lipinski definition) is 2. The van der Waals surface area contributed by atoms with Crippen LogP contribution in [0.25, 0.3) is 0 Å². The normalized spacial score (nSPS) is 12.9. The summed E-state index contributed by atoms with van der Waals surface area (Å²) in [5, 5.41) is 8.55. The molecule has 0 aliphatic rings. The van der Waals surface area contributed by atoms with E-state index in [1.807, 2.05) is 6.92 Å². The molecule has 0 aromatic rings. The van der Waals surface area contributed by atoms with Gasteiger partial charge in [-0.2, -0.15) is 5.26 Å². The minimum atomic E-state index is 0.223. The quantitative estimate of drug-likeness (QED) is 0.608. The number of hydrogen-bond donors (Lipinski definition) is 0. The molecule has 1 unspecified atom stereocenters. The third kappa shape index (κ3) is 5.15. The Morgan fingerprint density at radius 3 is 2.33 bits per heavy atom. The van der Waals surface area contributed by atoms with Gasteiger partial charge in [0.25, 0.3) is 0 Å². The van der Waals surface area contributed by atoms with E-state index < -0.39 is 0 Å². The summed E-state index contributed by atoms with van der Waals surface area (Å²) in [6.45, 7) is 9.73. The van der Waals surface area contributed by atoms with Crippen LogP contribution in [0.3, 0.4) is 0 Å². The van der Waals surface area contributed by atoms with E-state index in [0.29, 0.717) is 0 Å². The summed E-state index contributed by atoms with van der Waals surface area (Å²) < 4.78 is 0. The van der Waals surface area contributed by atoms with Crippen LogP contribution in [0.5, 0.6) is 0 Å². The van der Waals surface area contributed by atoms with Crippen molar-refractivity contribution in [1.82, 2.24) is 4.90 Å². The Bertz CT molecular complexity index is 133. The first-order valence-corrected chi connectivity index (χ1v) is 4.86. The topological polar surface area (TPSA) is 27.0 Å². The summed E-state index contributed by atoms with van der Waals surface area (Å²) in [6, 6.07) is 2.26. The van der Waals surface area contributed by atoms with E-state index in [9.17, 15) is 0 Å². The molecule has 0 aromatic heterocycles. The van der Waals surface area contributed by atoms with Gasteiger partial charge in [-0.25, -0.2) is 0 Å². The predicted octanol–water partition coefficient (Wildman–Crippen LogP) is 2.27. The molecule has 12 heavy (non-hydrogen) atoms. The van der Waals surface area contributed by atoms with E-state index in [1.165, 1.54) is 0 Å². The summed E-state index contributed by atoms with van der Waals surface area (Å²) in [5.74, 6) is 0.223. The van der Waals surface area contributed by atoms with Crippen LogP contribution in [0.15, 0.2) is 0 Å². The first-order valence-electron chi connectivity index (χ1n) is 4.86. The van der Waals surface area contributed by atoms with Gasteiger partial charge in [-0.1, -0.05) is 13.8 Å². The highest BCUT2D eigenvalue weighted by atomic mass is 15.1. The minimum absolute atomic E-state index is 0.223. The fourth-order valence-electron chi connectivity index (χ4n) is 1.23. The van der Waals surface area contributed by atoms with E-state index in [0.717, 1.165) is 32.5 Å². The SMILES string of the molecule is CCN(CC)CCCC(C)C#N. The zero-order valence-electron chi connectivity index (χ0n) is 8.51. The zero-order valence-corrected chi connectivity index (χ0v) is 8.51. The highest BCUT2D eigenvalue weighted by molar-refractivity contribution is 4.78. The highest BCUT2D eigenvalue weighted by Gasteiger charge is 2.01. The Balaban J connectivity index is 3.36. The Morgan fingerprint density at radius 2 is 1.92 bits per heavy atom. The molecule has 0 amide bonds. The first-order chi connectivity index (χ1) is 5.74. The maximum absolute atomic E-state index is 8.55. The molecule has 70 valence electrons. The largest absolute Gasteiger partial charge is 0.304 e. The fourth-order valence-corrected chi connectivity index (χ4v) is 1.23. The molecular formula is C10H20N2. The average Bonchev–Trinajstić information content (AvgIpc) is 2.12. The van der Waals surface area contributed by atoms with Crippen LogP contribution in [-0.4, -0.2) is 24.5 Å². The van der Waals surface area contributed by atoms with E-state index in [2.05, 4.69) is 24.8 Å². The van der Waals surface area contributed by atoms with Gasteiger partial charge in [0, 0.05) is 5.92 Å². The third-order valence-corrected chi connectivity index (χ3v) is 2.23. The monoisotopic (exact) mass is 168 g/mol. The van der Waals surface area contributed by atoms with Crippen molar-refractivity contribution in [3.05, 3.63) is 0 Å². The molecule has 0 aromatic carbocycles. The molecule has 0 bridgehead atoms. The van der Waals surface area contributed by atoms with Gasteiger partial charge in [-0.15, -0.1) is 0 Å². The lowest BCUT2D eigenvalue weighted by Crippen LogP contribution is -2.24. The number of rotatable bonds is 6. The van der Waals surface area contributed by atoms with Gasteiger partial charge in [0.1, 0.15) is 0 Å². The standard InChI is InChI=1S/C10H20N2/c1-4-12(5-2)8-6-7-10(3)9-11/h10H,4-8H2,1-3H3. The second-order valence-corrected chi connectivity index (χ2v) is 3.20. The molecule has 0 fully saturated rings. The van der Waals surface area contributed by atoms with Crippen LogP contribution in [0.2, 0.25) is 0 Å². The van der Waals surface area contributed by atoms with Gasteiger partial charge in [0.15, 0.2) is 0 Å². The van der Waals surface area contributed by atoms with Crippen LogP contribution in [-0.2, 0) is 0 Å². The van der Waals surface area contributed by atoms with Crippen molar-refractivity contribution in [2.75, 3.05) is 19.6 Å². The molecule has 0 aliphatic heterocycles. The smallest absolute Gasteiger partial charge is 0.0652 e. The summed E-state index contributed by atoms with van der Waals surface area (Å²) in [7, 11) is 0. The van der Waals surface area contributed by atoms with Gasteiger partial charge < -0.3 is 4.90 Å². The molecule has 0 rings (SSSR count). The van der Waals surface area contributed by atoms with Crippen LogP contribution < -0.4 is 0 Å². The molecule has 0 saturated heterocycles. The highest BCUT2D eigenvalue weighted by Crippen LogP contribution is 2.04. The molecule has 0 spiro atoms. The Kier molecular flexibility index (Phi) is 6.79. The number of nitrogens with zero attached hydrogens (tertiary/aromatic N) is 2. The van der Waals surface area contributed by atoms with Crippen molar-refractivity contribution in [2.24, 2.45) is 5.92 Å². The van der Waals surface area contributed by atoms with Crippen LogP contribution in [0.4, 0.5) is 0 Å². The van der Waals surface area contributed by atoms with Crippen LogP contribution in [0.1, 0.15) is 33.6 Å². The molecule has 0 heterocycles. The zero-order chi connectivity index (χ0) is 9.40. The number of nitriles is 1. The van der Waals surface area contributed by atoms with Gasteiger partial charge in [-0.05, 0) is 39.4 Å². The van der Waals surface area contributed by atoms with Crippen molar-refractivity contribution >= 4 is 0 Å². The van der Waals surface area contributed by atoms with Gasteiger partial charge >= 0.3 is 0 Å². The van der Waals surface area contributed by atoms with E-state index >= 15 is 0 Å². The molecule has 2 nitrogen and oxygen atoms in total. The Labute approximate surface area is 76.2 Å². The van der Waals surface area contributed by atoms with Crippen molar-refractivity contribution in [3.8, 4) is 6.07 Å².